The Morgan fingerprint density at radius 2 is 1.60 bits per heavy atom. The molecule has 0 spiro atoms. The van der Waals surface area contributed by atoms with Crippen LogP contribution in [0, 0.1) is 5.41 Å². The summed E-state index contributed by atoms with van der Waals surface area (Å²) in [5.41, 5.74) is 0.515. The van der Waals surface area contributed by atoms with Crippen LogP contribution in [0.1, 0.15) is 46.5 Å². The van der Waals surface area contributed by atoms with E-state index in [1.807, 2.05) is 0 Å². The smallest absolute Gasteiger partial charge is 0.0598 e. The molecule has 2 fully saturated rings. The van der Waals surface area contributed by atoms with Gasteiger partial charge < -0.3 is 9.64 Å². The lowest BCUT2D eigenvalue weighted by molar-refractivity contribution is -0.0340. The molecule has 20 heavy (non-hydrogen) atoms. The third kappa shape index (κ3) is 5.49. The van der Waals surface area contributed by atoms with Crippen LogP contribution in [0.4, 0.5) is 0 Å². The van der Waals surface area contributed by atoms with E-state index in [2.05, 4.69) is 38.8 Å². The zero-order valence-corrected chi connectivity index (χ0v) is 15.4. The van der Waals surface area contributed by atoms with Crippen LogP contribution in [0.25, 0.3) is 0 Å². The lowest BCUT2D eigenvalue weighted by atomic mass is 10.1. The van der Waals surface area contributed by atoms with Gasteiger partial charge in [0.25, 0.3) is 0 Å². The Morgan fingerprint density at radius 1 is 1.05 bits per heavy atom. The van der Waals surface area contributed by atoms with Gasteiger partial charge in [-0.1, -0.05) is 25.2 Å². The van der Waals surface area contributed by atoms with Gasteiger partial charge in [-0.3, -0.25) is 0 Å². The van der Waals surface area contributed by atoms with Crippen molar-refractivity contribution in [1.82, 2.24) is 4.90 Å². The fraction of sp³-hybridized carbons (Fsp3) is 1.00. The molecule has 1 saturated carbocycles. The molecule has 0 amide bonds. The summed E-state index contributed by atoms with van der Waals surface area (Å²) in [5, 5.41) is 0. The van der Waals surface area contributed by atoms with Gasteiger partial charge in [-0.2, -0.15) is 0 Å². The van der Waals surface area contributed by atoms with Gasteiger partial charge in [0, 0.05) is 20.0 Å². The number of hydrogen-bond acceptors (Lipinski definition) is 2. The van der Waals surface area contributed by atoms with Crippen molar-refractivity contribution < 1.29 is 4.74 Å². The van der Waals surface area contributed by atoms with Crippen LogP contribution < -0.4 is 0 Å². The lowest BCUT2D eigenvalue weighted by Gasteiger charge is -2.34. The minimum Gasteiger partial charge on any atom is -0.375 e. The highest BCUT2D eigenvalue weighted by Gasteiger charge is 2.45. The van der Waals surface area contributed by atoms with E-state index in [1.54, 1.807) is 0 Å². The van der Waals surface area contributed by atoms with Crippen molar-refractivity contribution in [2.45, 2.75) is 77.2 Å². The van der Waals surface area contributed by atoms with E-state index >= 15 is 0 Å². The van der Waals surface area contributed by atoms with Crippen molar-refractivity contribution in [3.8, 4) is 0 Å². The Morgan fingerprint density at radius 3 is 2.05 bits per heavy atom. The summed E-state index contributed by atoms with van der Waals surface area (Å²) in [6, 6.07) is 3.05. The molecule has 1 aliphatic carbocycles. The molecule has 1 heterocycles. The van der Waals surface area contributed by atoms with Crippen molar-refractivity contribution >= 4 is 8.07 Å². The fourth-order valence-electron chi connectivity index (χ4n) is 3.33. The molecule has 0 atom stereocenters. The van der Waals surface area contributed by atoms with Crippen LogP contribution in [-0.4, -0.2) is 44.8 Å². The molecule has 118 valence electrons. The average Bonchev–Trinajstić information content (AvgIpc) is 3.03. The maximum absolute atomic E-state index is 6.07. The van der Waals surface area contributed by atoms with E-state index in [0.717, 1.165) is 6.61 Å². The Hall–Kier alpha value is 0.137. The van der Waals surface area contributed by atoms with Crippen LogP contribution in [0.3, 0.4) is 0 Å². The first kappa shape index (κ1) is 16.5. The molecular formula is C17H35NOSi. The van der Waals surface area contributed by atoms with Gasteiger partial charge in [0.1, 0.15) is 0 Å². The molecule has 0 aromatic carbocycles. The highest BCUT2D eigenvalue weighted by Crippen LogP contribution is 2.47. The molecule has 0 aromatic rings. The molecule has 2 rings (SSSR count). The third-order valence-electron chi connectivity index (χ3n) is 4.98. The summed E-state index contributed by atoms with van der Waals surface area (Å²) in [6.45, 7) is 16.6. The minimum absolute atomic E-state index is 0.0154. The van der Waals surface area contributed by atoms with Crippen LogP contribution in [-0.2, 0) is 4.74 Å². The Balaban J connectivity index is 1.78. The van der Waals surface area contributed by atoms with Crippen molar-refractivity contribution in [2.24, 2.45) is 5.41 Å². The predicted molar refractivity (Wildman–Crippen MR) is 90.1 cm³/mol. The van der Waals surface area contributed by atoms with Gasteiger partial charge in [-0.15, -0.1) is 0 Å². The normalized spacial score (nSPS) is 26.9. The van der Waals surface area contributed by atoms with E-state index in [1.165, 1.54) is 57.4 Å². The average molecular weight is 298 g/mol. The minimum atomic E-state index is -0.837. The maximum atomic E-state index is 6.07. The van der Waals surface area contributed by atoms with Crippen molar-refractivity contribution in [2.75, 3.05) is 26.2 Å². The van der Waals surface area contributed by atoms with Crippen LogP contribution in [0.5, 0.6) is 0 Å². The summed E-state index contributed by atoms with van der Waals surface area (Å²) < 4.78 is 6.07. The Bertz CT molecular complexity index is 305. The highest BCUT2D eigenvalue weighted by atomic mass is 28.3. The molecule has 0 aromatic heterocycles. The third-order valence-corrected chi connectivity index (χ3v) is 8.40. The van der Waals surface area contributed by atoms with Crippen molar-refractivity contribution in [3.05, 3.63) is 0 Å². The first-order valence-electron chi connectivity index (χ1n) is 8.56. The molecular weight excluding hydrogens is 262 g/mol. The highest BCUT2D eigenvalue weighted by molar-refractivity contribution is 6.77. The van der Waals surface area contributed by atoms with E-state index < -0.39 is 8.07 Å². The topological polar surface area (TPSA) is 12.5 Å². The van der Waals surface area contributed by atoms with Gasteiger partial charge in [-0.05, 0) is 59.5 Å². The van der Waals surface area contributed by atoms with E-state index in [-0.39, 0.29) is 5.60 Å². The van der Waals surface area contributed by atoms with Gasteiger partial charge in [0.05, 0.1) is 12.2 Å². The number of ether oxygens (including phenoxy) is 1. The summed E-state index contributed by atoms with van der Waals surface area (Å²) in [4.78, 5) is 2.74. The van der Waals surface area contributed by atoms with E-state index in [9.17, 15) is 0 Å². The number of hydrogen-bond donors (Lipinski definition) is 0. The molecule has 1 aliphatic heterocycles. The zero-order chi connectivity index (χ0) is 14.9. The fourth-order valence-corrected chi connectivity index (χ4v) is 5.81. The maximum Gasteiger partial charge on any atom is 0.0598 e. The molecule has 0 unspecified atom stereocenters. The Labute approximate surface area is 127 Å². The molecule has 0 radical (unpaired) electrons. The molecule has 0 N–H and O–H groups in total. The second kappa shape index (κ2) is 6.10. The molecule has 1 saturated heterocycles. The SMILES string of the molecule is CC(C)(C)OCC1(CN2CCC[Si](C)(C)CCC2)CC1. The largest absolute Gasteiger partial charge is 0.375 e. The standard InChI is InChI=1S/C17H35NOSi/c1-16(2,3)19-15-17(8-9-17)14-18-10-6-12-20(4,5)13-7-11-18/h6-15H2,1-5H3. The summed E-state index contributed by atoms with van der Waals surface area (Å²) in [7, 11) is -0.837. The lowest BCUT2D eigenvalue weighted by Crippen LogP contribution is -2.39. The summed E-state index contributed by atoms with van der Waals surface area (Å²) in [5.74, 6) is 0. The van der Waals surface area contributed by atoms with Crippen LogP contribution >= 0.6 is 0 Å². The van der Waals surface area contributed by atoms with E-state index in [4.69, 9.17) is 4.74 Å². The summed E-state index contributed by atoms with van der Waals surface area (Å²) >= 11 is 0. The van der Waals surface area contributed by atoms with Crippen LogP contribution in [0.15, 0.2) is 0 Å². The molecule has 2 aliphatic rings. The summed E-state index contributed by atoms with van der Waals surface area (Å²) in [6.07, 6.45) is 5.60. The molecule has 3 heteroatoms. The number of nitrogens with zero attached hydrogens (tertiary/aromatic N) is 1. The van der Waals surface area contributed by atoms with Gasteiger partial charge in [0.15, 0.2) is 0 Å². The molecule has 0 bridgehead atoms. The van der Waals surface area contributed by atoms with Gasteiger partial charge in [0.2, 0.25) is 0 Å². The Kier molecular flexibility index (Phi) is 5.03. The van der Waals surface area contributed by atoms with E-state index in [0.29, 0.717) is 5.41 Å². The monoisotopic (exact) mass is 297 g/mol. The first-order chi connectivity index (χ1) is 9.20. The van der Waals surface area contributed by atoms with Crippen molar-refractivity contribution in [3.63, 3.8) is 0 Å². The van der Waals surface area contributed by atoms with Gasteiger partial charge >= 0.3 is 0 Å². The second-order valence-corrected chi connectivity index (χ2v) is 14.4. The number of rotatable bonds is 4. The van der Waals surface area contributed by atoms with Crippen molar-refractivity contribution in [1.29, 1.82) is 0 Å². The first-order valence-corrected chi connectivity index (χ1v) is 12.0. The quantitative estimate of drug-likeness (QED) is 0.714. The van der Waals surface area contributed by atoms with Crippen LogP contribution in [0.2, 0.25) is 25.2 Å². The molecule has 2 nitrogen and oxygen atoms in total. The zero-order valence-electron chi connectivity index (χ0n) is 14.4. The second-order valence-electron chi connectivity index (χ2n) is 9.05. The van der Waals surface area contributed by atoms with Gasteiger partial charge in [-0.25, -0.2) is 0 Å². The predicted octanol–water partition coefficient (Wildman–Crippen LogP) is 4.39.